The van der Waals surface area contributed by atoms with E-state index < -0.39 is 15.8 Å². The quantitative estimate of drug-likeness (QED) is 0.212. The van der Waals surface area contributed by atoms with Crippen LogP contribution in [0.25, 0.3) is 0 Å². The van der Waals surface area contributed by atoms with E-state index in [0.29, 0.717) is 5.69 Å². The summed E-state index contributed by atoms with van der Waals surface area (Å²) >= 11 is 3.04. The maximum Gasteiger partial charge on any atom is 0.222 e. The normalized spacial score (nSPS) is 12.5. The Kier molecular flexibility index (Phi) is 6.59. The molecule has 0 amide bonds. The fourth-order valence-electron chi connectivity index (χ4n) is 1.60. The zero-order valence-corrected chi connectivity index (χ0v) is 15.5. The Hall–Kier alpha value is -2.58. The Labute approximate surface area is 155 Å². The van der Waals surface area contributed by atoms with E-state index in [2.05, 4.69) is 56.6 Å². The van der Waals surface area contributed by atoms with Crippen molar-refractivity contribution in [1.82, 2.24) is 15.0 Å². The number of nitrogens with zero attached hydrogens (tertiary/aromatic N) is 4. The molecule has 2 aromatic rings. The molecule has 1 aromatic carbocycles. The predicted molar refractivity (Wildman–Crippen MR) is 95.3 cm³/mol. The van der Waals surface area contributed by atoms with Gasteiger partial charge in [0, 0.05) is 18.4 Å². The van der Waals surface area contributed by atoms with E-state index >= 15 is 0 Å². The highest BCUT2D eigenvalue weighted by atomic mass is 79.9. The van der Waals surface area contributed by atoms with Gasteiger partial charge in [-0.3, -0.25) is 5.43 Å². The monoisotopic (exact) mass is 449 g/mol. The molecule has 4 N–H and O–H groups in total. The molecular weight excluding hydrogens is 437 g/mol. The van der Waals surface area contributed by atoms with Gasteiger partial charge in [-0.05, 0) is 44.4 Å². The number of hydrogen-bond donors (Lipinski definition) is 4. The molecule has 140 valence electrons. The minimum absolute atomic E-state index is 0.00193. The molecule has 0 aliphatic carbocycles. The summed E-state index contributed by atoms with van der Waals surface area (Å²) in [6.45, 7) is -0.0464. The van der Waals surface area contributed by atoms with Gasteiger partial charge in [-0.15, -0.1) is 0 Å². The zero-order chi connectivity index (χ0) is 19.2. The summed E-state index contributed by atoms with van der Waals surface area (Å²) in [4.78, 5) is 0. The van der Waals surface area contributed by atoms with Crippen molar-refractivity contribution in [2.24, 2.45) is 10.3 Å². The standard InChI is InChI=1S/C12H13BrFN7O4S/c1-26(23,24)16-5-4-15-18-12-10(20-25-21-12)11(19-22)17-7-2-3-9(14)8(13)6-7/h2-4,6,16,22H,5H2,1H3,(H,17,19)(H,18,21). The highest BCUT2D eigenvalue weighted by molar-refractivity contribution is 9.10. The van der Waals surface area contributed by atoms with Crippen LogP contribution < -0.4 is 15.5 Å². The lowest BCUT2D eigenvalue weighted by atomic mass is 10.3. The Bertz CT molecular complexity index is 931. The summed E-state index contributed by atoms with van der Waals surface area (Å²) in [5, 5.41) is 25.9. The molecule has 0 fully saturated rings. The Morgan fingerprint density at radius 1 is 1.46 bits per heavy atom. The number of sulfonamides is 1. The summed E-state index contributed by atoms with van der Waals surface area (Å²) in [5.74, 6) is -0.598. The van der Waals surface area contributed by atoms with Crippen LogP contribution in [0.15, 0.2) is 37.6 Å². The molecule has 0 atom stereocenters. The average Bonchev–Trinajstić information content (AvgIpc) is 3.03. The fourth-order valence-corrected chi connectivity index (χ4v) is 2.36. The SMILES string of the molecule is CS(=O)(=O)NCC=NNc1nonc1C(=NO)Nc1ccc(F)c(Br)c1. The molecule has 14 heteroatoms. The first kappa shape index (κ1) is 19.7. The van der Waals surface area contributed by atoms with Crippen LogP contribution in [-0.4, -0.2) is 48.8 Å². The predicted octanol–water partition coefficient (Wildman–Crippen LogP) is 1.17. The number of rotatable bonds is 7. The minimum atomic E-state index is -3.33. The molecule has 1 heterocycles. The van der Waals surface area contributed by atoms with Crippen molar-refractivity contribution < 1.29 is 22.6 Å². The largest absolute Gasteiger partial charge is 0.409 e. The van der Waals surface area contributed by atoms with Gasteiger partial charge in [0.25, 0.3) is 0 Å². The summed E-state index contributed by atoms with van der Waals surface area (Å²) in [7, 11) is -3.33. The van der Waals surface area contributed by atoms with E-state index in [1.807, 2.05) is 0 Å². The third-order valence-corrected chi connectivity index (χ3v) is 3.99. The Morgan fingerprint density at radius 2 is 2.23 bits per heavy atom. The van der Waals surface area contributed by atoms with Crippen molar-refractivity contribution in [3.8, 4) is 0 Å². The van der Waals surface area contributed by atoms with E-state index in [1.54, 1.807) is 0 Å². The average molecular weight is 450 g/mol. The highest BCUT2D eigenvalue weighted by Gasteiger charge is 2.17. The number of oxime groups is 1. The van der Waals surface area contributed by atoms with Crippen molar-refractivity contribution >= 4 is 49.5 Å². The van der Waals surface area contributed by atoms with Gasteiger partial charge in [-0.2, -0.15) is 5.10 Å². The third kappa shape index (κ3) is 5.75. The number of nitrogens with one attached hydrogen (secondary N) is 3. The van der Waals surface area contributed by atoms with Gasteiger partial charge < -0.3 is 10.5 Å². The molecule has 0 aliphatic heterocycles. The molecule has 26 heavy (non-hydrogen) atoms. The topological polar surface area (TPSA) is 154 Å². The van der Waals surface area contributed by atoms with Crippen LogP contribution >= 0.6 is 15.9 Å². The van der Waals surface area contributed by atoms with E-state index in [4.69, 9.17) is 0 Å². The van der Waals surface area contributed by atoms with Gasteiger partial charge >= 0.3 is 0 Å². The molecule has 0 radical (unpaired) electrons. The van der Waals surface area contributed by atoms with Crippen LogP contribution in [0.1, 0.15) is 5.69 Å². The first-order chi connectivity index (χ1) is 12.3. The number of benzene rings is 1. The molecule has 0 bridgehead atoms. The number of aromatic nitrogens is 2. The minimum Gasteiger partial charge on any atom is -0.409 e. The maximum atomic E-state index is 13.3. The van der Waals surface area contributed by atoms with Gasteiger partial charge in [-0.25, -0.2) is 22.2 Å². The molecule has 0 spiro atoms. The summed E-state index contributed by atoms with van der Waals surface area (Å²) in [6.07, 6.45) is 2.25. The third-order valence-electron chi connectivity index (χ3n) is 2.69. The van der Waals surface area contributed by atoms with E-state index in [0.717, 1.165) is 6.26 Å². The van der Waals surface area contributed by atoms with E-state index in [9.17, 15) is 18.0 Å². The highest BCUT2D eigenvalue weighted by Crippen LogP contribution is 2.21. The van der Waals surface area contributed by atoms with Gasteiger partial charge in [-0.1, -0.05) is 5.16 Å². The first-order valence-electron chi connectivity index (χ1n) is 6.79. The van der Waals surface area contributed by atoms with Crippen LogP contribution in [-0.2, 0) is 10.0 Å². The van der Waals surface area contributed by atoms with Crippen LogP contribution in [0.5, 0.6) is 0 Å². The number of amidine groups is 1. The van der Waals surface area contributed by atoms with Gasteiger partial charge in [0.05, 0.1) is 10.7 Å². The van der Waals surface area contributed by atoms with Crippen molar-refractivity contribution in [3.05, 3.63) is 34.2 Å². The van der Waals surface area contributed by atoms with Crippen molar-refractivity contribution in [3.63, 3.8) is 0 Å². The Morgan fingerprint density at radius 3 is 2.88 bits per heavy atom. The van der Waals surface area contributed by atoms with Crippen LogP contribution in [0, 0.1) is 5.82 Å². The Balaban J connectivity index is 2.07. The van der Waals surface area contributed by atoms with Crippen LogP contribution in [0.2, 0.25) is 0 Å². The van der Waals surface area contributed by atoms with Gasteiger partial charge in [0.1, 0.15) is 5.82 Å². The lowest BCUT2D eigenvalue weighted by Gasteiger charge is -2.07. The zero-order valence-electron chi connectivity index (χ0n) is 13.1. The maximum absolute atomic E-state index is 13.3. The van der Waals surface area contributed by atoms with Crippen molar-refractivity contribution in [1.29, 1.82) is 0 Å². The van der Waals surface area contributed by atoms with Crippen LogP contribution in [0.3, 0.4) is 0 Å². The summed E-state index contributed by atoms with van der Waals surface area (Å²) < 4.78 is 42.1. The second-order valence-electron chi connectivity index (χ2n) is 4.71. The molecule has 0 saturated heterocycles. The van der Waals surface area contributed by atoms with Gasteiger partial charge in [0.15, 0.2) is 5.69 Å². The molecule has 0 unspecified atom stereocenters. The number of hydrazone groups is 1. The lowest BCUT2D eigenvalue weighted by Crippen LogP contribution is -2.24. The van der Waals surface area contributed by atoms with Crippen LogP contribution in [0.4, 0.5) is 15.9 Å². The second kappa shape index (κ2) is 8.68. The fraction of sp³-hybridized carbons (Fsp3) is 0.167. The van der Waals surface area contributed by atoms with Crippen molar-refractivity contribution in [2.75, 3.05) is 23.5 Å². The van der Waals surface area contributed by atoms with E-state index in [1.165, 1.54) is 24.4 Å². The molecule has 11 nitrogen and oxygen atoms in total. The summed E-state index contributed by atoms with van der Waals surface area (Å²) in [6, 6.07) is 4.05. The first-order valence-corrected chi connectivity index (χ1v) is 9.48. The smallest absolute Gasteiger partial charge is 0.222 e. The van der Waals surface area contributed by atoms with Crippen molar-refractivity contribution in [2.45, 2.75) is 0 Å². The molecule has 0 aliphatic rings. The number of halogens is 2. The molecule has 2 rings (SSSR count). The molecule has 0 saturated carbocycles. The summed E-state index contributed by atoms with van der Waals surface area (Å²) in [5.41, 5.74) is 2.86. The second-order valence-corrected chi connectivity index (χ2v) is 7.40. The number of hydrogen-bond acceptors (Lipinski definition) is 9. The van der Waals surface area contributed by atoms with Gasteiger partial charge in [0.2, 0.25) is 21.7 Å². The molecule has 1 aromatic heterocycles. The van der Waals surface area contributed by atoms with E-state index in [-0.39, 0.29) is 28.4 Å². The number of anilines is 2. The lowest BCUT2D eigenvalue weighted by molar-refractivity contribution is 0.305. The molecular formula is C12H13BrFN7O4S.